The van der Waals surface area contributed by atoms with Crippen molar-refractivity contribution < 1.29 is 4.79 Å². The number of hydrogen-bond acceptors (Lipinski definition) is 2. The third-order valence-electron chi connectivity index (χ3n) is 3.42. The highest BCUT2D eigenvalue weighted by atomic mass is 79.9. The van der Waals surface area contributed by atoms with Crippen LogP contribution in [-0.4, -0.2) is 19.0 Å². The van der Waals surface area contributed by atoms with Crippen molar-refractivity contribution in [2.75, 3.05) is 23.3 Å². The molecule has 0 bridgehead atoms. The lowest BCUT2D eigenvalue weighted by Gasteiger charge is -2.21. The van der Waals surface area contributed by atoms with E-state index in [1.54, 1.807) is 0 Å². The van der Waals surface area contributed by atoms with Gasteiger partial charge in [0.15, 0.2) is 0 Å². The van der Waals surface area contributed by atoms with Gasteiger partial charge >= 0.3 is 0 Å². The van der Waals surface area contributed by atoms with E-state index >= 15 is 0 Å². The Hall–Kier alpha value is -1.81. The van der Waals surface area contributed by atoms with Crippen molar-refractivity contribution in [3.05, 3.63) is 58.6 Å². The Morgan fingerprint density at radius 1 is 1.18 bits per heavy atom. The third-order valence-corrected chi connectivity index (χ3v) is 3.92. The molecule has 2 aromatic carbocycles. The topological polar surface area (TPSA) is 32.3 Å². The molecule has 0 saturated heterocycles. The number of carbonyl (C=O) groups excluding carboxylic acids is 1. The second kappa shape index (κ2) is 7.99. The monoisotopic (exact) mass is 360 g/mol. The van der Waals surface area contributed by atoms with E-state index in [0.717, 1.165) is 21.4 Å². The molecule has 0 atom stereocenters. The van der Waals surface area contributed by atoms with Crippen LogP contribution in [0.1, 0.15) is 18.9 Å². The number of benzene rings is 2. The van der Waals surface area contributed by atoms with Crippen molar-refractivity contribution in [2.45, 2.75) is 20.3 Å². The van der Waals surface area contributed by atoms with Crippen LogP contribution in [0.2, 0.25) is 0 Å². The molecule has 0 aliphatic rings. The molecule has 22 heavy (non-hydrogen) atoms. The van der Waals surface area contributed by atoms with Crippen molar-refractivity contribution >= 4 is 33.2 Å². The lowest BCUT2D eigenvalue weighted by Crippen LogP contribution is -2.31. The lowest BCUT2D eigenvalue weighted by atomic mass is 10.2. The third kappa shape index (κ3) is 4.60. The van der Waals surface area contributed by atoms with Gasteiger partial charge in [-0.2, -0.15) is 0 Å². The zero-order chi connectivity index (χ0) is 15.9. The first-order chi connectivity index (χ1) is 10.6. The van der Waals surface area contributed by atoms with Gasteiger partial charge in [0.25, 0.3) is 0 Å². The first-order valence-electron chi connectivity index (χ1n) is 7.46. The molecule has 1 N–H and O–H groups in total. The fourth-order valence-electron chi connectivity index (χ4n) is 2.35. The van der Waals surface area contributed by atoms with Gasteiger partial charge in [0.05, 0.1) is 0 Å². The summed E-state index contributed by atoms with van der Waals surface area (Å²) < 4.78 is 1.03. The highest BCUT2D eigenvalue weighted by Crippen LogP contribution is 2.18. The molecule has 0 aliphatic carbocycles. The molecule has 0 spiro atoms. The number of nitrogens with one attached hydrogen (secondary N) is 1. The second-order valence-electron chi connectivity index (χ2n) is 5.16. The molecule has 0 heterocycles. The van der Waals surface area contributed by atoms with Crippen LogP contribution in [-0.2, 0) is 4.79 Å². The number of hydrogen-bond donors (Lipinski definition) is 1. The van der Waals surface area contributed by atoms with Crippen LogP contribution < -0.4 is 10.2 Å². The largest absolute Gasteiger partial charge is 0.384 e. The van der Waals surface area contributed by atoms with Crippen LogP contribution in [0, 0.1) is 6.92 Å². The van der Waals surface area contributed by atoms with Gasteiger partial charge in [-0.05, 0) is 49.7 Å². The number of amides is 1. The number of carbonyl (C=O) groups is 1. The van der Waals surface area contributed by atoms with Crippen molar-refractivity contribution in [2.24, 2.45) is 0 Å². The zero-order valence-electron chi connectivity index (χ0n) is 13.0. The zero-order valence-corrected chi connectivity index (χ0v) is 14.6. The van der Waals surface area contributed by atoms with Crippen LogP contribution in [0.25, 0.3) is 0 Å². The van der Waals surface area contributed by atoms with Crippen LogP contribution in [0.5, 0.6) is 0 Å². The Bertz CT molecular complexity index is 642. The minimum Gasteiger partial charge on any atom is -0.384 e. The van der Waals surface area contributed by atoms with Gasteiger partial charge in [-0.1, -0.05) is 34.1 Å². The van der Waals surface area contributed by atoms with Crippen molar-refractivity contribution in [3.63, 3.8) is 0 Å². The van der Waals surface area contributed by atoms with E-state index in [-0.39, 0.29) is 5.91 Å². The van der Waals surface area contributed by atoms with E-state index in [9.17, 15) is 4.79 Å². The van der Waals surface area contributed by atoms with Crippen LogP contribution >= 0.6 is 15.9 Å². The first-order valence-corrected chi connectivity index (χ1v) is 8.26. The molecule has 116 valence electrons. The Kier molecular flexibility index (Phi) is 6.01. The molecule has 0 aliphatic heterocycles. The molecule has 2 aromatic rings. The predicted octanol–water partition coefficient (Wildman–Crippen LogP) is 4.61. The predicted molar refractivity (Wildman–Crippen MR) is 96.5 cm³/mol. The molecule has 3 nitrogen and oxygen atoms in total. The molecule has 0 fully saturated rings. The minimum atomic E-state index is 0.135. The van der Waals surface area contributed by atoms with Crippen LogP contribution in [0.3, 0.4) is 0 Å². The highest BCUT2D eigenvalue weighted by molar-refractivity contribution is 9.10. The molecule has 4 heteroatoms. The van der Waals surface area contributed by atoms with Gasteiger partial charge in [0, 0.05) is 35.4 Å². The van der Waals surface area contributed by atoms with Gasteiger partial charge in [-0.25, -0.2) is 0 Å². The lowest BCUT2D eigenvalue weighted by molar-refractivity contribution is -0.118. The average molecular weight is 361 g/mol. The van der Waals surface area contributed by atoms with Gasteiger partial charge < -0.3 is 10.2 Å². The summed E-state index contributed by atoms with van der Waals surface area (Å²) in [4.78, 5) is 14.2. The van der Waals surface area contributed by atoms with Crippen molar-refractivity contribution in [1.29, 1.82) is 0 Å². The maximum Gasteiger partial charge on any atom is 0.228 e. The number of anilines is 2. The average Bonchev–Trinajstić information content (AvgIpc) is 2.48. The number of halogens is 1. The van der Waals surface area contributed by atoms with Crippen LogP contribution in [0.15, 0.2) is 53.0 Å². The second-order valence-corrected chi connectivity index (χ2v) is 6.08. The molecule has 0 unspecified atom stereocenters. The van der Waals surface area contributed by atoms with Gasteiger partial charge in [0.2, 0.25) is 5.91 Å². The summed E-state index contributed by atoms with van der Waals surface area (Å²) in [6.07, 6.45) is 0.467. The summed E-state index contributed by atoms with van der Waals surface area (Å²) >= 11 is 3.44. The standard InChI is InChI=1S/C18H21BrN2O/c1-3-21(17-9-4-6-14(2)12-17)18(22)10-11-20-16-8-5-7-15(19)13-16/h4-9,12-13,20H,3,10-11H2,1-2H3. The Balaban J connectivity index is 1.92. The van der Waals surface area contributed by atoms with E-state index in [2.05, 4.69) is 21.2 Å². The maximum atomic E-state index is 12.4. The van der Waals surface area contributed by atoms with E-state index in [1.165, 1.54) is 0 Å². The van der Waals surface area contributed by atoms with Gasteiger partial charge in [-0.3, -0.25) is 4.79 Å². The summed E-state index contributed by atoms with van der Waals surface area (Å²) in [7, 11) is 0. The maximum absolute atomic E-state index is 12.4. The van der Waals surface area contributed by atoms with E-state index in [1.807, 2.05) is 67.3 Å². The molecule has 1 amide bonds. The summed E-state index contributed by atoms with van der Waals surface area (Å²) in [5.74, 6) is 0.135. The van der Waals surface area contributed by atoms with Gasteiger partial charge in [-0.15, -0.1) is 0 Å². The minimum absolute atomic E-state index is 0.135. The van der Waals surface area contributed by atoms with E-state index in [4.69, 9.17) is 0 Å². The fraction of sp³-hybridized carbons (Fsp3) is 0.278. The summed E-state index contributed by atoms with van der Waals surface area (Å²) in [6, 6.07) is 16.0. The summed E-state index contributed by atoms with van der Waals surface area (Å²) in [5.41, 5.74) is 3.15. The van der Waals surface area contributed by atoms with Gasteiger partial charge in [0.1, 0.15) is 0 Å². The molecule has 2 rings (SSSR count). The number of aryl methyl sites for hydroxylation is 1. The van der Waals surface area contributed by atoms with Crippen molar-refractivity contribution in [3.8, 4) is 0 Å². The molecule has 0 saturated carbocycles. The summed E-state index contributed by atoms with van der Waals surface area (Å²) in [6.45, 7) is 5.34. The Morgan fingerprint density at radius 3 is 2.64 bits per heavy atom. The highest BCUT2D eigenvalue weighted by Gasteiger charge is 2.13. The Labute approximate surface area is 140 Å². The van der Waals surface area contributed by atoms with E-state index in [0.29, 0.717) is 19.5 Å². The first kappa shape index (κ1) is 16.6. The van der Waals surface area contributed by atoms with Crippen molar-refractivity contribution in [1.82, 2.24) is 0 Å². The van der Waals surface area contributed by atoms with E-state index < -0.39 is 0 Å². The van der Waals surface area contributed by atoms with Crippen LogP contribution in [0.4, 0.5) is 11.4 Å². The normalized spacial score (nSPS) is 10.3. The Morgan fingerprint density at radius 2 is 1.95 bits per heavy atom. The molecular weight excluding hydrogens is 340 g/mol. The molecular formula is C18H21BrN2O. The fourth-order valence-corrected chi connectivity index (χ4v) is 2.75. The molecule has 0 aromatic heterocycles. The number of rotatable bonds is 6. The number of nitrogens with zero attached hydrogens (tertiary/aromatic N) is 1. The quantitative estimate of drug-likeness (QED) is 0.815. The SMILES string of the molecule is CCN(C(=O)CCNc1cccc(Br)c1)c1cccc(C)c1. The smallest absolute Gasteiger partial charge is 0.228 e. The summed E-state index contributed by atoms with van der Waals surface area (Å²) in [5, 5.41) is 3.28. The molecule has 0 radical (unpaired) electrons.